The fourth-order valence-corrected chi connectivity index (χ4v) is 1.66. The van der Waals surface area contributed by atoms with Crippen LogP contribution in [0.3, 0.4) is 0 Å². The van der Waals surface area contributed by atoms with Gasteiger partial charge in [0.2, 0.25) is 0 Å². The number of methoxy groups -OCH3 is 1. The molecule has 0 aromatic rings. The van der Waals surface area contributed by atoms with E-state index in [4.69, 9.17) is 0 Å². The second kappa shape index (κ2) is 8.45. The average Bonchev–Trinajstić information content (AvgIpc) is 2.21. The van der Waals surface area contributed by atoms with Crippen molar-refractivity contribution in [3.05, 3.63) is 0 Å². The van der Waals surface area contributed by atoms with Gasteiger partial charge in [0, 0.05) is 12.3 Å². The van der Waals surface area contributed by atoms with Gasteiger partial charge in [0.1, 0.15) is 5.78 Å². The molecule has 0 aromatic heterocycles. The fraction of sp³-hybridized carbons (Fsp3) is 0.833. The van der Waals surface area contributed by atoms with Crippen molar-refractivity contribution < 1.29 is 14.3 Å². The molecule has 0 bridgehead atoms. The van der Waals surface area contributed by atoms with Crippen LogP contribution >= 0.6 is 0 Å². The number of esters is 1. The minimum Gasteiger partial charge on any atom is -0.469 e. The van der Waals surface area contributed by atoms with Crippen molar-refractivity contribution in [3.63, 3.8) is 0 Å². The monoisotopic (exact) mass is 214 g/mol. The summed E-state index contributed by atoms with van der Waals surface area (Å²) in [6, 6.07) is 0. The molecule has 15 heavy (non-hydrogen) atoms. The molecule has 0 radical (unpaired) electrons. The van der Waals surface area contributed by atoms with Crippen molar-refractivity contribution in [2.75, 3.05) is 7.11 Å². The quantitative estimate of drug-likeness (QED) is 0.461. The van der Waals surface area contributed by atoms with E-state index in [2.05, 4.69) is 11.7 Å². The van der Waals surface area contributed by atoms with Gasteiger partial charge < -0.3 is 4.74 Å². The molecule has 88 valence electrons. The third-order valence-corrected chi connectivity index (χ3v) is 2.62. The first-order chi connectivity index (χ1) is 7.11. The van der Waals surface area contributed by atoms with E-state index >= 15 is 0 Å². The van der Waals surface area contributed by atoms with Gasteiger partial charge >= 0.3 is 5.97 Å². The van der Waals surface area contributed by atoms with E-state index in [9.17, 15) is 9.59 Å². The fourth-order valence-electron chi connectivity index (χ4n) is 1.66. The molecule has 0 rings (SSSR count). The summed E-state index contributed by atoms with van der Waals surface area (Å²) >= 11 is 0. The van der Waals surface area contributed by atoms with Crippen LogP contribution in [0.25, 0.3) is 0 Å². The Morgan fingerprint density at radius 3 is 2.33 bits per heavy atom. The predicted octanol–water partition coefficient (Wildman–Crippen LogP) is 2.73. The lowest BCUT2D eigenvalue weighted by Gasteiger charge is -2.11. The maximum Gasteiger partial charge on any atom is 0.305 e. The Balaban J connectivity index is 3.62. The lowest BCUT2D eigenvalue weighted by Crippen LogP contribution is -2.10. The first-order valence-corrected chi connectivity index (χ1v) is 5.69. The van der Waals surface area contributed by atoms with Gasteiger partial charge in [-0.15, -0.1) is 0 Å². The van der Waals surface area contributed by atoms with Crippen LogP contribution in [0.5, 0.6) is 0 Å². The highest BCUT2D eigenvalue weighted by atomic mass is 16.5. The van der Waals surface area contributed by atoms with Crippen molar-refractivity contribution in [2.45, 2.75) is 52.4 Å². The number of carbonyl (C=O) groups is 2. The van der Waals surface area contributed by atoms with Gasteiger partial charge in [-0.3, -0.25) is 9.59 Å². The summed E-state index contributed by atoms with van der Waals surface area (Å²) < 4.78 is 4.55. The number of hydrogen-bond acceptors (Lipinski definition) is 3. The number of ether oxygens (including phenoxy) is 1. The number of Topliss-reactive ketones (excluding diaryl/α,β-unsaturated/α-hetero) is 1. The van der Waals surface area contributed by atoms with E-state index in [1.165, 1.54) is 7.11 Å². The highest BCUT2D eigenvalue weighted by molar-refractivity contribution is 5.78. The van der Waals surface area contributed by atoms with Crippen LogP contribution in [0.2, 0.25) is 0 Å². The molecule has 0 amide bonds. The summed E-state index contributed by atoms with van der Waals surface area (Å²) in [5.41, 5.74) is 0. The lowest BCUT2D eigenvalue weighted by atomic mass is 9.93. The van der Waals surface area contributed by atoms with E-state index in [0.29, 0.717) is 6.42 Å². The number of hydrogen-bond donors (Lipinski definition) is 0. The second-order valence-corrected chi connectivity index (χ2v) is 3.92. The van der Waals surface area contributed by atoms with Crippen molar-refractivity contribution in [1.82, 2.24) is 0 Å². The molecule has 0 fully saturated rings. The van der Waals surface area contributed by atoms with E-state index in [1.54, 1.807) is 6.92 Å². The van der Waals surface area contributed by atoms with E-state index in [1.807, 2.05) is 0 Å². The molecule has 0 aliphatic rings. The maximum absolute atomic E-state index is 11.2. The van der Waals surface area contributed by atoms with Gasteiger partial charge in [-0.05, 0) is 26.2 Å². The summed E-state index contributed by atoms with van der Waals surface area (Å²) in [5.74, 6) is 0.299. The van der Waals surface area contributed by atoms with E-state index in [-0.39, 0.29) is 17.7 Å². The molecule has 0 aromatic carbocycles. The Hall–Kier alpha value is -0.860. The Bertz CT molecular complexity index is 199. The molecule has 0 heterocycles. The molecule has 0 aliphatic heterocycles. The van der Waals surface area contributed by atoms with Crippen molar-refractivity contribution >= 4 is 11.8 Å². The highest BCUT2D eigenvalue weighted by Crippen LogP contribution is 2.16. The lowest BCUT2D eigenvalue weighted by molar-refractivity contribution is -0.140. The summed E-state index contributed by atoms with van der Waals surface area (Å²) in [4.78, 5) is 22.1. The standard InChI is InChI=1S/C12H22O3/c1-4-7-11(10(2)13)8-5-6-9-12(14)15-3/h11H,4-9H2,1-3H3. The maximum atomic E-state index is 11.2. The van der Waals surface area contributed by atoms with Crippen LogP contribution in [0.1, 0.15) is 52.4 Å². The number of unbranched alkanes of at least 4 members (excludes halogenated alkanes) is 1. The van der Waals surface area contributed by atoms with Crippen LogP contribution < -0.4 is 0 Å². The third kappa shape index (κ3) is 7.11. The summed E-state index contributed by atoms with van der Waals surface area (Å²) in [5, 5.41) is 0. The van der Waals surface area contributed by atoms with E-state index < -0.39 is 0 Å². The Morgan fingerprint density at radius 1 is 1.20 bits per heavy atom. The van der Waals surface area contributed by atoms with Crippen LogP contribution in [0.4, 0.5) is 0 Å². The SMILES string of the molecule is CCCC(CCCCC(=O)OC)C(C)=O. The molecule has 0 spiro atoms. The van der Waals surface area contributed by atoms with Crippen molar-refractivity contribution in [1.29, 1.82) is 0 Å². The zero-order chi connectivity index (χ0) is 11.7. The molecule has 0 saturated carbocycles. The molecular formula is C12H22O3. The first kappa shape index (κ1) is 14.1. The van der Waals surface area contributed by atoms with Gasteiger partial charge in [0.05, 0.1) is 7.11 Å². The zero-order valence-corrected chi connectivity index (χ0v) is 10.0. The van der Waals surface area contributed by atoms with E-state index in [0.717, 1.165) is 32.1 Å². The number of rotatable bonds is 8. The number of carbonyl (C=O) groups excluding carboxylic acids is 2. The number of ketones is 1. The first-order valence-electron chi connectivity index (χ1n) is 5.69. The molecule has 1 atom stereocenters. The summed E-state index contributed by atoms with van der Waals surface area (Å²) in [6.45, 7) is 3.74. The molecule has 0 saturated heterocycles. The molecule has 0 N–H and O–H groups in total. The van der Waals surface area contributed by atoms with Crippen molar-refractivity contribution in [2.24, 2.45) is 5.92 Å². The van der Waals surface area contributed by atoms with Gasteiger partial charge in [-0.2, -0.15) is 0 Å². The smallest absolute Gasteiger partial charge is 0.305 e. The van der Waals surface area contributed by atoms with Gasteiger partial charge in [-0.25, -0.2) is 0 Å². The van der Waals surface area contributed by atoms with Gasteiger partial charge in [-0.1, -0.05) is 19.8 Å². The Kier molecular flexibility index (Phi) is 7.96. The third-order valence-electron chi connectivity index (χ3n) is 2.62. The van der Waals surface area contributed by atoms with Crippen LogP contribution in [-0.4, -0.2) is 18.9 Å². The highest BCUT2D eigenvalue weighted by Gasteiger charge is 2.12. The second-order valence-electron chi connectivity index (χ2n) is 3.92. The minimum absolute atomic E-state index is 0.162. The molecule has 3 nitrogen and oxygen atoms in total. The summed E-state index contributed by atoms with van der Waals surface area (Å²) in [7, 11) is 1.40. The largest absolute Gasteiger partial charge is 0.469 e. The predicted molar refractivity (Wildman–Crippen MR) is 59.6 cm³/mol. The van der Waals surface area contributed by atoms with Gasteiger partial charge in [0.25, 0.3) is 0 Å². The Labute approximate surface area is 92.2 Å². The molecule has 3 heteroatoms. The van der Waals surface area contributed by atoms with Crippen molar-refractivity contribution in [3.8, 4) is 0 Å². The minimum atomic E-state index is -0.162. The Morgan fingerprint density at radius 2 is 1.87 bits per heavy atom. The normalized spacial score (nSPS) is 12.2. The van der Waals surface area contributed by atoms with Crippen LogP contribution in [0, 0.1) is 5.92 Å². The van der Waals surface area contributed by atoms with Gasteiger partial charge in [0.15, 0.2) is 0 Å². The van der Waals surface area contributed by atoms with Crippen LogP contribution in [0.15, 0.2) is 0 Å². The molecular weight excluding hydrogens is 192 g/mol. The topological polar surface area (TPSA) is 43.4 Å². The molecule has 1 unspecified atom stereocenters. The molecule has 0 aliphatic carbocycles. The average molecular weight is 214 g/mol. The zero-order valence-electron chi connectivity index (χ0n) is 10.0. The van der Waals surface area contributed by atoms with Crippen LogP contribution in [-0.2, 0) is 14.3 Å². The summed E-state index contributed by atoms with van der Waals surface area (Å²) in [6.07, 6.45) is 5.13.